The molecule has 0 radical (unpaired) electrons. The van der Waals surface area contributed by atoms with Gasteiger partial charge >= 0.3 is 0 Å². The lowest BCUT2D eigenvalue weighted by Gasteiger charge is -2.14. The summed E-state index contributed by atoms with van der Waals surface area (Å²) in [6.07, 6.45) is 1.81. The SMILES string of the molecule is CCN1C(=O)/C(=C/c2cc(I)c(OCc3ccc(F)cc3)c(OC)c2)SC1=S. The highest BCUT2D eigenvalue weighted by molar-refractivity contribution is 14.1. The fourth-order valence-corrected chi connectivity index (χ4v) is 4.79. The van der Waals surface area contributed by atoms with Crippen LogP contribution in [0.4, 0.5) is 4.39 Å². The van der Waals surface area contributed by atoms with Crippen molar-refractivity contribution in [1.82, 2.24) is 4.90 Å². The molecule has 8 heteroatoms. The van der Waals surface area contributed by atoms with E-state index in [1.165, 1.54) is 23.9 Å². The van der Waals surface area contributed by atoms with Crippen molar-refractivity contribution in [3.63, 3.8) is 0 Å². The van der Waals surface area contributed by atoms with E-state index in [1.807, 2.05) is 25.1 Å². The van der Waals surface area contributed by atoms with E-state index >= 15 is 0 Å². The summed E-state index contributed by atoms with van der Waals surface area (Å²) in [6.45, 7) is 2.74. The minimum absolute atomic E-state index is 0.0805. The molecule has 1 amide bonds. The quantitative estimate of drug-likeness (QED) is 0.291. The molecule has 0 atom stereocenters. The van der Waals surface area contributed by atoms with Crippen LogP contribution in [0.25, 0.3) is 6.08 Å². The molecule has 1 fully saturated rings. The number of carbonyl (C=O) groups is 1. The van der Waals surface area contributed by atoms with Gasteiger partial charge in [0.15, 0.2) is 11.5 Å². The number of rotatable bonds is 6. The number of methoxy groups -OCH3 is 1. The van der Waals surface area contributed by atoms with E-state index < -0.39 is 0 Å². The first-order chi connectivity index (χ1) is 13.4. The van der Waals surface area contributed by atoms with Gasteiger partial charge in [-0.1, -0.05) is 36.1 Å². The molecule has 0 aromatic heterocycles. The van der Waals surface area contributed by atoms with Gasteiger partial charge in [-0.3, -0.25) is 9.69 Å². The molecule has 2 aromatic carbocycles. The second-order valence-corrected chi connectivity index (χ2v) is 8.71. The van der Waals surface area contributed by atoms with E-state index in [-0.39, 0.29) is 11.7 Å². The summed E-state index contributed by atoms with van der Waals surface area (Å²) in [6, 6.07) is 9.90. The number of nitrogens with zero attached hydrogens (tertiary/aromatic N) is 1. The molecule has 3 rings (SSSR count). The van der Waals surface area contributed by atoms with Crippen LogP contribution >= 0.6 is 46.6 Å². The zero-order valence-electron chi connectivity index (χ0n) is 15.2. The van der Waals surface area contributed by atoms with Crippen LogP contribution in [0.5, 0.6) is 11.5 Å². The average Bonchev–Trinajstić information content (AvgIpc) is 2.94. The molecular formula is C20H17FINO3S2. The van der Waals surface area contributed by atoms with E-state index in [1.54, 1.807) is 24.1 Å². The number of thiocarbonyl (C=S) groups is 1. The monoisotopic (exact) mass is 529 g/mol. The Morgan fingerprint density at radius 3 is 2.61 bits per heavy atom. The number of carbonyl (C=O) groups excluding carboxylic acids is 1. The summed E-state index contributed by atoms with van der Waals surface area (Å²) >= 11 is 8.72. The van der Waals surface area contributed by atoms with Crippen molar-refractivity contribution in [2.24, 2.45) is 0 Å². The number of hydrogen-bond acceptors (Lipinski definition) is 5. The Hall–Kier alpha value is -1.65. The molecule has 0 unspecified atom stereocenters. The highest BCUT2D eigenvalue weighted by atomic mass is 127. The number of halogens is 2. The number of amides is 1. The number of likely N-dealkylation sites (N-methyl/N-ethyl adjacent to an activating group) is 1. The van der Waals surface area contributed by atoms with Gasteiger partial charge in [0.25, 0.3) is 5.91 Å². The van der Waals surface area contributed by atoms with Gasteiger partial charge in [0.05, 0.1) is 15.6 Å². The standard InChI is InChI=1S/C20H17FINO3S2/c1-3-23-19(24)17(28-20(23)27)10-13-8-15(22)18(16(9-13)25-2)26-11-12-4-6-14(21)7-5-12/h4-10H,3,11H2,1-2H3/b17-10-. The number of thioether (sulfide) groups is 1. The van der Waals surface area contributed by atoms with Crippen LogP contribution < -0.4 is 9.47 Å². The van der Waals surface area contributed by atoms with E-state index in [0.29, 0.717) is 33.9 Å². The number of ether oxygens (including phenoxy) is 2. The van der Waals surface area contributed by atoms with Gasteiger partial charge < -0.3 is 9.47 Å². The predicted octanol–water partition coefficient (Wildman–Crippen LogP) is 5.24. The average molecular weight is 529 g/mol. The molecular weight excluding hydrogens is 512 g/mol. The molecule has 28 heavy (non-hydrogen) atoms. The second-order valence-electron chi connectivity index (χ2n) is 5.88. The van der Waals surface area contributed by atoms with Crippen LogP contribution in [0.15, 0.2) is 41.3 Å². The molecule has 0 saturated carbocycles. The Balaban J connectivity index is 1.83. The largest absolute Gasteiger partial charge is 0.493 e. The number of benzene rings is 2. The summed E-state index contributed by atoms with van der Waals surface area (Å²) in [5.41, 5.74) is 1.68. The maximum atomic E-state index is 13.0. The van der Waals surface area contributed by atoms with Crippen molar-refractivity contribution in [3.05, 3.63) is 61.8 Å². The molecule has 1 heterocycles. The number of hydrogen-bond donors (Lipinski definition) is 0. The van der Waals surface area contributed by atoms with Crippen LogP contribution in [0, 0.1) is 9.39 Å². The van der Waals surface area contributed by atoms with Crippen LogP contribution in [-0.4, -0.2) is 28.8 Å². The molecule has 146 valence electrons. The van der Waals surface area contributed by atoms with E-state index in [2.05, 4.69) is 22.6 Å². The van der Waals surface area contributed by atoms with Crippen molar-refractivity contribution < 1.29 is 18.7 Å². The van der Waals surface area contributed by atoms with Crippen molar-refractivity contribution in [3.8, 4) is 11.5 Å². The fraction of sp³-hybridized carbons (Fsp3) is 0.200. The van der Waals surface area contributed by atoms with Crippen LogP contribution in [0.1, 0.15) is 18.1 Å². The normalized spacial score (nSPS) is 15.4. The van der Waals surface area contributed by atoms with Crippen LogP contribution in [0.2, 0.25) is 0 Å². The first kappa shape index (κ1) is 21.1. The summed E-state index contributed by atoms with van der Waals surface area (Å²) in [7, 11) is 1.57. The maximum Gasteiger partial charge on any atom is 0.266 e. The van der Waals surface area contributed by atoms with Crippen LogP contribution in [-0.2, 0) is 11.4 Å². The minimum atomic E-state index is -0.284. The van der Waals surface area contributed by atoms with E-state index in [9.17, 15) is 9.18 Å². The lowest BCUT2D eigenvalue weighted by Crippen LogP contribution is -2.27. The van der Waals surface area contributed by atoms with Gasteiger partial charge in [-0.15, -0.1) is 0 Å². The second kappa shape index (κ2) is 9.23. The molecule has 1 saturated heterocycles. The Morgan fingerprint density at radius 2 is 2.00 bits per heavy atom. The molecule has 0 N–H and O–H groups in total. The van der Waals surface area contributed by atoms with Crippen LogP contribution in [0.3, 0.4) is 0 Å². The molecule has 1 aliphatic rings. The van der Waals surface area contributed by atoms with Gasteiger partial charge in [0, 0.05) is 6.54 Å². The fourth-order valence-electron chi connectivity index (χ4n) is 2.62. The molecule has 4 nitrogen and oxygen atoms in total. The highest BCUT2D eigenvalue weighted by Gasteiger charge is 2.30. The van der Waals surface area contributed by atoms with Gasteiger partial charge in [0.2, 0.25) is 0 Å². The van der Waals surface area contributed by atoms with Gasteiger partial charge in [0.1, 0.15) is 16.7 Å². The molecule has 0 spiro atoms. The third-order valence-electron chi connectivity index (χ3n) is 4.04. The lowest BCUT2D eigenvalue weighted by atomic mass is 10.1. The van der Waals surface area contributed by atoms with Crippen molar-refractivity contribution >= 4 is 62.9 Å². The molecule has 0 aliphatic carbocycles. The Morgan fingerprint density at radius 1 is 1.29 bits per heavy atom. The molecule has 2 aromatic rings. The van der Waals surface area contributed by atoms with Gasteiger partial charge in [-0.2, -0.15) is 0 Å². The molecule has 1 aliphatic heterocycles. The third kappa shape index (κ3) is 4.66. The van der Waals surface area contributed by atoms with Crippen molar-refractivity contribution in [1.29, 1.82) is 0 Å². The summed E-state index contributed by atoms with van der Waals surface area (Å²) in [4.78, 5) is 14.6. The first-order valence-corrected chi connectivity index (χ1v) is 10.7. The predicted molar refractivity (Wildman–Crippen MR) is 122 cm³/mol. The summed E-state index contributed by atoms with van der Waals surface area (Å²) < 4.78 is 25.8. The Kier molecular flexibility index (Phi) is 6.95. The first-order valence-electron chi connectivity index (χ1n) is 8.43. The zero-order chi connectivity index (χ0) is 20.3. The van der Waals surface area contributed by atoms with E-state index in [4.69, 9.17) is 21.7 Å². The highest BCUT2D eigenvalue weighted by Crippen LogP contribution is 2.37. The smallest absolute Gasteiger partial charge is 0.266 e. The maximum absolute atomic E-state index is 13.0. The van der Waals surface area contributed by atoms with Crippen molar-refractivity contribution in [2.75, 3.05) is 13.7 Å². The third-order valence-corrected chi connectivity index (χ3v) is 6.21. The Labute approximate surface area is 186 Å². The summed E-state index contributed by atoms with van der Waals surface area (Å²) in [5.74, 6) is 0.800. The topological polar surface area (TPSA) is 38.8 Å². The zero-order valence-corrected chi connectivity index (χ0v) is 19.0. The summed E-state index contributed by atoms with van der Waals surface area (Å²) in [5, 5.41) is 0. The minimum Gasteiger partial charge on any atom is -0.493 e. The molecule has 0 bridgehead atoms. The van der Waals surface area contributed by atoms with E-state index in [0.717, 1.165) is 14.7 Å². The Bertz CT molecular complexity index is 947. The van der Waals surface area contributed by atoms with Gasteiger partial charge in [-0.05, 0) is 71.0 Å². The van der Waals surface area contributed by atoms with Crippen molar-refractivity contribution in [2.45, 2.75) is 13.5 Å². The lowest BCUT2D eigenvalue weighted by molar-refractivity contribution is -0.121. The van der Waals surface area contributed by atoms with Gasteiger partial charge in [-0.25, -0.2) is 4.39 Å².